The van der Waals surface area contributed by atoms with Crippen LogP contribution in [-0.4, -0.2) is 29.0 Å². The minimum Gasteiger partial charge on any atom is -0.352 e. The maximum Gasteiger partial charge on any atom is 0.251 e. The molecule has 1 aromatic heterocycles. The summed E-state index contributed by atoms with van der Waals surface area (Å²) in [5, 5.41) is 2.71. The number of amides is 1. The number of H-pyrrole nitrogens is 1. The molecular formula is C19H20BrFN4O. The molecule has 0 saturated carbocycles. The van der Waals surface area contributed by atoms with E-state index in [-0.39, 0.29) is 11.5 Å². The topological polar surface area (TPSA) is 83.8 Å². The lowest BCUT2D eigenvalue weighted by Gasteiger charge is -2.06. The third-order valence-corrected chi connectivity index (χ3v) is 5.27. The molecule has 7 heteroatoms. The van der Waals surface area contributed by atoms with Crippen LogP contribution in [0.4, 0.5) is 4.39 Å². The maximum absolute atomic E-state index is 14.6. The van der Waals surface area contributed by atoms with Gasteiger partial charge in [-0.05, 0) is 62.2 Å². The van der Waals surface area contributed by atoms with Gasteiger partial charge in [0.2, 0.25) is 0 Å². The van der Waals surface area contributed by atoms with Crippen molar-refractivity contribution in [2.45, 2.75) is 20.3 Å². The second kappa shape index (κ2) is 7.55. The zero-order chi connectivity index (χ0) is 18.8. The zero-order valence-corrected chi connectivity index (χ0v) is 16.2. The van der Waals surface area contributed by atoms with E-state index in [0.29, 0.717) is 30.9 Å². The van der Waals surface area contributed by atoms with Crippen LogP contribution in [0.15, 0.2) is 28.7 Å². The molecule has 0 bridgehead atoms. The Balaban J connectivity index is 1.94. The number of imidazole rings is 1. The number of halogens is 2. The number of fused-ring (bicyclic) bond motifs is 1. The summed E-state index contributed by atoms with van der Waals surface area (Å²) < 4.78 is 15.6. The van der Waals surface area contributed by atoms with Crippen LogP contribution in [0, 0.1) is 19.7 Å². The molecule has 2 aromatic carbocycles. The van der Waals surface area contributed by atoms with Crippen molar-refractivity contribution in [3.05, 3.63) is 51.2 Å². The van der Waals surface area contributed by atoms with Crippen LogP contribution >= 0.6 is 15.9 Å². The summed E-state index contributed by atoms with van der Waals surface area (Å²) in [5.41, 5.74) is 9.81. The summed E-state index contributed by atoms with van der Waals surface area (Å²) in [4.78, 5) is 19.7. The lowest BCUT2D eigenvalue weighted by atomic mass is 10.1. The fourth-order valence-electron chi connectivity index (χ4n) is 2.75. The standard InChI is InChI=1S/C19H20BrFN4O/c1-10-11(2)17-16(9-14(10)20)24-18(25-17)13-5-4-12(8-15(13)21)19(26)23-7-3-6-22/h4-5,8-9H,3,6-7,22H2,1-2H3,(H,23,26)(H,24,25). The van der Waals surface area contributed by atoms with Crippen molar-refractivity contribution in [3.8, 4) is 11.4 Å². The van der Waals surface area contributed by atoms with Crippen LogP contribution in [0.25, 0.3) is 22.4 Å². The second-order valence-electron chi connectivity index (χ2n) is 6.18. The molecular weight excluding hydrogens is 399 g/mol. The summed E-state index contributed by atoms with van der Waals surface area (Å²) in [7, 11) is 0. The first-order chi connectivity index (χ1) is 12.4. The van der Waals surface area contributed by atoms with Gasteiger partial charge in [-0.3, -0.25) is 4.79 Å². The van der Waals surface area contributed by atoms with Crippen LogP contribution < -0.4 is 11.1 Å². The molecule has 0 fully saturated rings. The molecule has 0 atom stereocenters. The van der Waals surface area contributed by atoms with E-state index in [2.05, 4.69) is 31.2 Å². The summed E-state index contributed by atoms with van der Waals surface area (Å²) in [6.45, 7) is 4.97. The SMILES string of the molecule is Cc1c(Br)cc2nc(-c3ccc(C(=O)NCCCN)cc3F)[nH]c2c1C. The van der Waals surface area contributed by atoms with E-state index in [1.54, 1.807) is 12.1 Å². The number of carbonyl (C=O) groups is 1. The van der Waals surface area contributed by atoms with Crippen molar-refractivity contribution < 1.29 is 9.18 Å². The van der Waals surface area contributed by atoms with Gasteiger partial charge in [-0.15, -0.1) is 0 Å². The molecule has 0 unspecified atom stereocenters. The van der Waals surface area contributed by atoms with Crippen molar-refractivity contribution in [1.82, 2.24) is 15.3 Å². The van der Waals surface area contributed by atoms with Gasteiger partial charge < -0.3 is 16.0 Å². The molecule has 4 N–H and O–H groups in total. The second-order valence-corrected chi connectivity index (χ2v) is 7.04. The number of nitrogens with one attached hydrogen (secondary N) is 2. The van der Waals surface area contributed by atoms with E-state index in [4.69, 9.17) is 5.73 Å². The zero-order valence-electron chi connectivity index (χ0n) is 14.6. The number of carbonyl (C=O) groups excluding carboxylic acids is 1. The summed E-state index contributed by atoms with van der Waals surface area (Å²) in [6.07, 6.45) is 0.680. The summed E-state index contributed by atoms with van der Waals surface area (Å²) in [6, 6.07) is 6.31. The van der Waals surface area contributed by atoms with Crippen molar-refractivity contribution in [2.24, 2.45) is 5.73 Å². The van der Waals surface area contributed by atoms with Crippen molar-refractivity contribution in [1.29, 1.82) is 0 Å². The quantitative estimate of drug-likeness (QED) is 0.550. The third-order valence-electron chi connectivity index (χ3n) is 4.44. The number of aryl methyl sites for hydroxylation is 1. The molecule has 3 rings (SSSR count). The Labute approximate surface area is 159 Å². The van der Waals surface area contributed by atoms with Crippen LogP contribution in [0.2, 0.25) is 0 Å². The van der Waals surface area contributed by atoms with Crippen molar-refractivity contribution >= 4 is 32.9 Å². The van der Waals surface area contributed by atoms with Gasteiger partial charge in [0.05, 0.1) is 16.6 Å². The van der Waals surface area contributed by atoms with Crippen LogP contribution in [-0.2, 0) is 0 Å². The predicted octanol–water partition coefficient (Wildman–Crippen LogP) is 3.83. The highest BCUT2D eigenvalue weighted by molar-refractivity contribution is 9.10. The molecule has 0 aliphatic rings. The van der Waals surface area contributed by atoms with Crippen LogP contribution in [0.1, 0.15) is 27.9 Å². The van der Waals surface area contributed by atoms with E-state index in [0.717, 1.165) is 26.6 Å². The van der Waals surface area contributed by atoms with Gasteiger partial charge in [0.25, 0.3) is 5.91 Å². The van der Waals surface area contributed by atoms with E-state index in [9.17, 15) is 9.18 Å². The average Bonchev–Trinajstić information content (AvgIpc) is 3.03. The Morgan fingerprint density at radius 2 is 2.08 bits per heavy atom. The number of hydrogen-bond acceptors (Lipinski definition) is 3. The molecule has 0 spiro atoms. The van der Waals surface area contributed by atoms with E-state index in [1.165, 1.54) is 6.07 Å². The van der Waals surface area contributed by atoms with Crippen molar-refractivity contribution in [3.63, 3.8) is 0 Å². The molecule has 0 aliphatic heterocycles. The first-order valence-corrected chi connectivity index (χ1v) is 9.15. The minimum atomic E-state index is -0.496. The Morgan fingerprint density at radius 1 is 1.31 bits per heavy atom. The summed E-state index contributed by atoms with van der Waals surface area (Å²) in [5.74, 6) is -0.374. The number of aromatic nitrogens is 2. The van der Waals surface area contributed by atoms with Gasteiger partial charge in [-0.1, -0.05) is 15.9 Å². The molecule has 5 nitrogen and oxygen atoms in total. The largest absolute Gasteiger partial charge is 0.352 e. The van der Waals surface area contributed by atoms with Gasteiger partial charge in [-0.2, -0.15) is 0 Å². The molecule has 26 heavy (non-hydrogen) atoms. The molecule has 0 radical (unpaired) electrons. The van der Waals surface area contributed by atoms with Gasteiger partial charge in [0, 0.05) is 16.6 Å². The number of hydrogen-bond donors (Lipinski definition) is 3. The average molecular weight is 419 g/mol. The summed E-state index contributed by atoms with van der Waals surface area (Å²) >= 11 is 3.52. The highest BCUT2D eigenvalue weighted by Crippen LogP contribution is 2.30. The fraction of sp³-hybridized carbons (Fsp3) is 0.263. The lowest BCUT2D eigenvalue weighted by Crippen LogP contribution is -2.26. The Morgan fingerprint density at radius 3 is 2.77 bits per heavy atom. The molecule has 0 aliphatic carbocycles. The number of benzene rings is 2. The van der Waals surface area contributed by atoms with Gasteiger partial charge in [0.1, 0.15) is 11.6 Å². The lowest BCUT2D eigenvalue weighted by molar-refractivity contribution is 0.0953. The number of rotatable bonds is 5. The molecule has 1 amide bonds. The smallest absolute Gasteiger partial charge is 0.251 e. The first kappa shape index (κ1) is 18.5. The molecule has 3 aromatic rings. The molecule has 1 heterocycles. The Bertz CT molecular complexity index is 983. The molecule has 0 saturated heterocycles. The fourth-order valence-corrected chi connectivity index (χ4v) is 3.27. The normalized spacial score (nSPS) is 11.1. The van der Waals surface area contributed by atoms with Gasteiger partial charge >= 0.3 is 0 Å². The van der Waals surface area contributed by atoms with E-state index >= 15 is 0 Å². The number of nitrogens with two attached hydrogens (primary N) is 1. The van der Waals surface area contributed by atoms with Gasteiger partial charge in [-0.25, -0.2) is 9.37 Å². The predicted molar refractivity (Wildman–Crippen MR) is 105 cm³/mol. The van der Waals surface area contributed by atoms with E-state index < -0.39 is 5.82 Å². The number of aromatic amines is 1. The first-order valence-electron chi connectivity index (χ1n) is 8.36. The Kier molecular flexibility index (Phi) is 5.38. The monoisotopic (exact) mass is 418 g/mol. The molecule has 136 valence electrons. The highest BCUT2D eigenvalue weighted by atomic mass is 79.9. The van der Waals surface area contributed by atoms with E-state index in [1.807, 2.05) is 19.9 Å². The van der Waals surface area contributed by atoms with Gasteiger partial charge in [0.15, 0.2) is 0 Å². The van der Waals surface area contributed by atoms with Crippen LogP contribution in [0.3, 0.4) is 0 Å². The van der Waals surface area contributed by atoms with Crippen molar-refractivity contribution in [2.75, 3.05) is 13.1 Å². The maximum atomic E-state index is 14.6. The van der Waals surface area contributed by atoms with Crippen LogP contribution in [0.5, 0.6) is 0 Å². The highest BCUT2D eigenvalue weighted by Gasteiger charge is 2.15. The third kappa shape index (κ3) is 3.50. The minimum absolute atomic E-state index is 0.272. The Hall–Kier alpha value is -2.25. The number of nitrogens with zero attached hydrogens (tertiary/aromatic N) is 1.